The number of hydrogen-bond donors (Lipinski definition) is 2. The second-order valence-corrected chi connectivity index (χ2v) is 6.68. The standard InChI is InChI=1S/C20H27ClN2O5/c1-5-8-14-16(19(24)26-4)17(23-20(25)22-14)12-10-13(21)18(28-9-6-2)15(11-12)27-7-3/h10-11,17H,5-9H2,1-4H3,(H2,22,23,25). The first-order valence-corrected chi connectivity index (χ1v) is 9.82. The molecule has 2 rings (SSSR count). The van der Waals surface area contributed by atoms with E-state index in [0.717, 1.165) is 12.8 Å². The molecule has 1 aromatic carbocycles. The van der Waals surface area contributed by atoms with E-state index in [0.29, 0.717) is 53.0 Å². The van der Waals surface area contributed by atoms with Gasteiger partial charge in [0.15, 0.2) is 11.5 Å². The van der Waals surface area contributed by atoms with Crippen LogP contribution in [0.15, 0.2) is 23.4 Å². The number of carbonyl (C=O) groups is 2. The number of nitrogens with one attached hydrogen (secondary N) is 2. The van der Waals surface area contributed by atoms with Gasteiger partial charge in [0.2, 0.25) is 0 Å². The van der Waals surface area contributed by atoms with E-state index in [4.69, 9.17) is 25.8 Å². The van der Waals surface area contributed by atoms with Gasteiger partial charge < -0.3 is 24.8 Å². The molecule has 0 aliphatic carbocycles. The summed E-state index contributed by atoms with van der Waals surface area (Å²) in [7, 11) is 1.31. The lowest BCUT2D eigenvalue weighted by atomic mass is 9.93. The predicted octanol–water partition coefficient (Wildman–Crippen LogP) is 4.11. The minimum Gasteiger partial charge on any atom is -0.490 e. The third-order valence-corrected chi connectivity index (χ3v) is 4.46. The Kier molecular flexibility index (Phi) is 7.99. The molecule has 2 amide bonds. The molecule has 1 unspecified atom stereocenters. The van der Waals surface area contributed by atoms with E-state index in [1.165, 1.54) is 7.11 Å². The van der Waals surface area contributed by atoms with Gasteiger partial charge in [-0.25, -0.2) is 9.59 Å². The number of halogens is 1. The number of methoxy groups -OCH3 is 1. The third-order valence-electron chi connectivity index (χ3n) is 4.17. The SMILES string of the molecule is CCCOc1c(Cl)cc(C2NC(=O)NC(CCC)=C2C(=O)OC)cc1OCC. The van der Waals surface area contributed by atoms with Gasteiger partial charge >= 0.3 is 12.0 Å². The van der Waals surface area contributed by atoms with Crippen LogP contribution in [0.4, 0.5) is 4.79 Å². The minimum absolute atomic E-state index is 0.350. The van der Waals surface area contributed by atoms with Crippen molar-refractivity contribution in [2.45, 2.75) is 46.1 Å². The van der Waals surface area contributed by atoms with E-state index in [9.17, 15) is 9.59 Å². The van der Waals surface area contributed by atoms with Gasteiger partial charge in [0.1, 0.15) is 0 Å². The van der Waals surface area contributed by atoms with E-state index in [1.54, 1.807) is 12.1 Å². The fourth-order valence-corrected chi connectivity index (χ4v) is 3.30. The average molecular weight is 411 g/mol. The van der Waals surface area contributed by atoms with Crippen LogP contribution < -0.4 is 20.1 Å². The van der Waals surface area contributed by atoms with Gasteiger partial charge in [0, 0.05) is 5.70 Å². The Morgan fingerprint density at radius 3 is 2.54 bits per heavy atom. The molecule has 7 nitrogen and oxygen atoms in total. The maximum absolute atomic E-state index is 12.5. The molecule has 1 heterocycles. The minimum atomic E-state index is -0.709. The van der Waals surface area contributed by atoms with E-state index in [1.807, 2.05) is 20.8 Å². The molecule has 8 heteroatoms. The van der Waals surface area contributed by atoms with Crippen molar-refractivity contribution in [1.29, 1.82) is 0 Å². The molecule has 0 aromatic heterocycles. The summed E-state index contributed by atoms with van der Waals surface area (Å²) in [6, 6.07) is 2.32. The van der Waals surface area contributed by atoms with Crippen LogP contribution in [0.25, 0.3) is 0 Å². The van der Waals surface area contributed by atoms with Gasteiger partial charge in [0.05, 0.1) is 37.0 Å². The molecule has 0 fully saturated rings. The van der Waals surface area contributed by atoms with Gasteiger partial charge in [-0.05, 0) is 37.5 Å². The Hall–Kier alpha value is -2.41. The van der Waals surface area contributed by atoms with Crippen LogP contribution in [-0.4, -0.2) is 32.3 Å². The molecule has 28 heavy (non-hydrogen) atoms. The Labute approximate surface area is 170 Å². The summed E-state index contributed by atoms with van der Waals surface area (Å²) in [6.45, 7) is 6.74. The van der Waals surface area contributed by atoms with Crippen LogP contribution in [0.3, 0.4) is 0 Å². The first kappa shape index (κ1) is 21.9. The van der Waals surface area contributed by atoms with E-state index in [-0.39, 0.29) is 6.03 Å². The summed E-state index contributed by atoms with van der Waals surface area (Å²) < 4.78 is 16.4. The lowest BCUT2D eigenvalue weighted by molar-refractivity contribution is -0.136. The quantitative estimate of drug-likeness (QED) is 0.598. The van der Waals surface area contributed by atoms with Crippen molar-refractivity contribution < 1.29 is 23.8 Å². The molecule has 1 aliphatic heterocycles. The highest BCUT2D eigenvalue weighted by molar-refractivity contribution is 6.32. The Balaban J connectivity index is 2.57. The molecule has 2 N–H and O–H groups in total. The summed E-state index contributed by atoms with van der Waals surface area (Å²) in [4.78, 5) is 24.7. The van der Waals surface area contributed by atoms with Crippen molar-refractivity contribution in [2.24, 2.45) is 0 Å². The number of benzene rings is 1. The molecular formula is C20H27ClN2O5. The number of esters is 1. The lowest BCUT2D eigenvalue weighted by Gasteiger charge is -2.29. The van der Waals surface area contributed by atoms with E-state index < -0.39 is 12.0 Å². The first-order chi connectivity index (χ1) is 13.5. The normalized spacial score (nSPS) is 16.3. The van der Waals surface area contributed by atoms with Gasteiger partial charge in [-0.1, -0.05) is 31.9 Å². The number of rotatable bonds is 9. The number of urea groups is 1. The van der Waals surface area contributed by atoms with Crippen LogP contribution in [-0.2, 0) is 9.53 Å². The van der Waals surface area contributed by atoms with E-state index >= 15 is 0 Å². The monoisotopic (exact) mass is 410 g/mol. The zero-order valence-corrected chi connectivity index (χ0v) is 17.4. The van der Waals surface area contributed by atoms with Crippen molar-refractivity contribution >= 4 is 23.6 Å². The highest BCUT2D eigenvalue weighted by Gasteiger charge is 2.34. The second-order valence-electron chi connectivity index (χ2n) is 6.28. The van der Waals surface area contributed by atoms with Gasteiger partial charge in [-0.3, -0.25) is 0 Å². The largest absolute Gasteiger partial charge is 0.490 e. The molecule has 0 spiro atoms. The van der Waals surface area contributed by atoms with Gasteiger partial charge in [-0.2, -0.15) is 0 Å². The van der Waals surface area contributed by atoms with Crippen molar-refractivity contribution in [3.8, 4) is 11.5 Å². The molecular weight excluding hydrogens is 384 g/mol. The highest BCUT2D eigenvalue weighted by atomic mass is 35.5. The Morgan fingerprint density at radius 1 is 1.18 bits per heavy atom. The summed E-state index contributed by atoms with van der Waals surface area (Å²) in [6.07, 6.45) is 2.12. The molecule has 0 saturated carbocycles. The molecule has 1 atom stereocenters. The number of carbonyl (C=O) groups excluding carboxylic acids is 2. The predicted molar refractivity (Wildman–Crippen MR) is 107 cm³/mol. The molecule has 0 saturated heterocycles. The van der Waals surface area contributed by atoms with Crippen molar-refractivity contribution in [3.05, 3.63) is 34.0 Å². The van der Waals surface area contributed by atoms with Crippen molar-refractivity contribution in [3.63, 3.8) is 0 Å². The fraction of sp³-hybridized carbons (Fsp3) is 0.500. The van der Waals surface area contributed by atoms with Crippen LogP contribution in [0, 0.1) is 0 Å². The van der Waals surface area contributed by atoms with Crippen LogP contribution in [0.2, 0.25) is 5.02 Å². The molecule has 1 aliphatic rings. The first-order valence-electron chi connectivity index (χ1n) is 9.44. The molecule has 1 aromatic rings. The second kappa shape index (κ2) is 10.2. The lowest BCUT2D eigenvalue weighted by Crippen LogP contribution is -2.45. The topological polar surface area (TPSA) is 85.9 Å². The average Bonchev–Trinajstić information content (AvgIpc) is 2.66. The maximum Gasteiger partial charge on any atom is 0.337 e. The van der Waals surface area contributed by atoms with E-state index in [2.05, 4.69) is 10.6 Å². The van der Waals surface area contributed by atoms with Gasteiger partial charge in [0.25, 0.3) is 0 Å². The summed E-state index contributed by atoms with van der Waals surface area (Å²) in [5, 5.41) is 5.85. The number of allylic oxidation sites excluding steroid dienone is 1. The number of amides is 2. The fourth-order valence-electron chi connectivity index (χ4n) is 3.03. The summed E-state index contributed by atoms with van der Waals surface area (Å²) >= 11 is 6.45. The van der Waals surface area contributed by atoms with Crippen molar-refractivity contribution in [1.82, 2.24) is 10.6 Å². The maximum atomic E-state index is 12.5. The van der Waals surface area contributed by atoms with Crippen LogP contribution >= 0.6 is 11.6 Å². The highest BCUT2D eigenvalue weighted by Crippen LogP contribution is 2.40. The summed E-state index contributed by atoms with van der Waals surface area (Å²) in [5.74, 6) is 0.403. The zero-order chi connectivity index (χ0) is 20.7. The zero-order valence-electron chi connectivity index (χ0n) is 16.7. The number of hydrogen-bond acceptors (Lipinski definition) is 5. The van der Waals surface area contributed by atoms with Gasteiger partial charge in [-0.15, -0.1) is 0 Å². The third kappa shape index (κ3) is 4.90. The summed E-state index contributed by atoms with van der Waals surface area (Å²) in [5.41, 5.74) is 1.51. The Morgan fingerprint density at radius 2 is 1.93 bits per heavy atom. The number of ether oxygens (including phenoxy) is 3. The van der Waals surface area contributed by atoms with Crippen LogP contribution in [0.5, 0.6) is 11.5 Å². The molecule has 0 radical (unpaired) electrons. The Bertz CT molecular complexity index is 763. The molecule has 154 valence electrons. The molecule has 0 bridgehead atoms. The van der Waals surface area contributed by atoms with Crippen molar-refractivity contribution in [2.75, 3.05) is 20.3 Å². The van der Waals surface area contributed by atoms with Crippen LogP contribution in [0.1, 0.15) is 51.6 Å². The smallest absolute Gasteiger partial charge is 0.337 e.